The molecular weight excluding hydrogens is 308 g/mol. The van der Waals surface area contributed by atoms with Crippen molar-refractivity contribution in [3.63, 3.8) is 0 Å². The van der Waals surface area contributed by atoms with E-state index in [1.807, 2.05) is 32.9 Å². The number of nitrogens with one attached hydrogen (secondary N) is 1. The lowest BCUT2D eigenvalue weighted by Gasteiger charge is -2.29. The molecule has 24 heavy (non-hydrogen) atoms. The Bertz CT molecular complexity index is 855. The molecule has 1 aromatic heterocycles. The summed E-state index contributed by atoms with van der Waals surface area (Å²) < 4.78 is 4.94. The van der Waals surface area contributed by atoms with Crippen LogP contribution >= 0.6 is 0 Å². The number of carbonyl (C=O) groups excluding carboxylic acids is 3. The van der Waals surface area contributed by atoms with Crippen molar-refractivity contribution in [3.05, 3.63) is 58.6 Å². The monoisotopic (exact) mass is 324 g/mol. The molecule has 1 aliphatic heterocycles. The highest BCUT2D eigenvalue weighted by molar-refractivity contribution is 6.39. The van der Waals surface area contributed by atoms with E-state index in [0.29, 0.717) is 11.3 Å². The van der Waals surface area contributed by atoms with Gasteiger partial charge in [0, 0.05) is 5.56 Å². The second kappa shape index (κ2) is 5.81. The van der Waals surface area contributed by atoms with E-state index in [2.05, 4.69) is 5.32 Å². The molecule has 3 rings (SSSR count). The summed E-state index contributed by atoms with van der Waals surface area (Å²) in [5.41, 5.74) is 3.55. The second-order valence-corrected chi connectivity index (χ2v) is 5.76. The Morgan fingerprint density at radius 3 is 2.33 bits per heavy atom. The molecule has 0 radical (unpaired) electrons. The SMILES string of the molecule is Cc1cc(C)c(N2C(=O)NC(=O)C(=Cc3ccoc3)C2=O)c(C)c1. The van der Waals surface area contributed by atoms with Crippen molar-refractivity contribution in [2.45, 2.75) is 20.8 Å². The third-order valence-electron chi connectivity index (χ3n) is 3.81. The molecule has 0 spiro atoms. The first-order valence-corrected chi connectivity index (χ1v) is 7.40. The molecule has 0 saturated carbocycles. The number of hydrogen-bond acceptors (Lipinski definition) is 4. The zero-order chi connectivity index (χ0) is 17.4. The van der Waals surface area contributed by atoms with Gasteiger partial charge in [-0.05, 0) is 44.0 Å². The third-order valence-corrected chi connectivity index (χ3v) is 3.81. The quantitative estimate of drug-likeness (QED) is 0.680. The molecule has 1 aliphatic rings. The molecule has 4 amide bonds. The molecule has 2 aromatic rings. The van der Waals surface area contributed by atoms with Crippen molar-refractivity contribution >= 4 is 29.6 Å². The minimum atomic E-state index is -0.746. The Kier molecular flexibility index (Phi) is 3.81. The van der Waals surface area contributed by atoms with Crippen LogP contribution in [0.2, 0.25) is 0 Å². The summed E-state index contributed by atoms with van der Waals surface area (Å²) in [7, 11) is 0. The van der Waals surface area contributed by atoms with Gasteiger partial charge in [-0.3, -0.25) is 14.9 Å². The minimum Gasteiger partial charge on any atom is -0.472 e. The van der Waals surface area contributed by atoms with Gasteiger partial charge in [0.1, 0.15) is 5.57 Å². The maximum Gasteiger partial charge on any atom is 0.335 e. The summed E-state index contributed by atoms with van der Waals surface area (Å²) in [5, 5.41) is 2.22. The molecule has 122 valence electrons. The second-order valence-electron chi connectivity index (χ2n) is 5.76. The number of benzene rings is 1. The van der Waals surface area contributed by atoms with Crippen molar-refractivity contribution in [3.8, 4) is 0 Å². The van der Waals surface area contributed by atoms with Crippen LogP contribution in [0.25, 0.3) is 6.08 Å². The average molecular weight is 324 g/mol. The van der Waals surface area contributed by atoms with Crippen LogP contribution in [-0.2, 0) is 9.59 Å². The Hall–Kier alpha value is -3.15. The molecule has 1 N–H and O–H groups in total. The highest BCUT2D eigenvalue weighted by Crippen LogP contribution is 2.29. The van der Waals surface area contributed by atoms with Gasteiger partial charge in [0.2, 0.25) is 0 Å². The average Bonchev–Trinajstić information content (AvgIpc) is 2.99. The van der Waals surface area contributed by atoms with Gasteiger partial charge in [-0.2, -0.15) is 0 Å². The molecule has 1 aromatic carbocycles. The van der Waals surface area contributed by atoms with E-state index in [-0.39, 0.29) is 5.57 Å². The number of carbonyl (C=O) groups is 3. The van der Waals surface area contributed by atoms with Crippen molar-refractivity contribution in [2.24, 2.45) is 0 Å². The summed E-state index contributed by atoms with van der Waals surface area (Å²) in [6.45, 7) is 5.59. The van der Waals surface area contributed by atoms with E-state index < -0.39 is 17.8 Å². The summed E-state index contributed by atoms with van der Waals surface area (Å²) in [5.74, 6) is -1.37. The molecule has 1 fully saturated rings. The van der Waals surface area contributed by atoms with Gasteiger partial charge in [0.05, 0.1) is 18.2 Å². The highest BCUT2D eigenvalue weighted by atomic mass is 16.3. The van der Waals surface area contributed by atoms with Crippen LogP contribution in [0.4, 0.5) is 10.5 Å². The molecule has 0 bridgehead atoms. The van der Waals surface area contributed by atoms with E-state index in [1.54, 1.807) is 6.07 Å². The Morgan fingerprint density at radius 1 is 1.08 bits per heavy atom. The third kappa shape index (κ3) is 2.62. The number of amides is 4. The largest absolute Gasteiger partial charge is 0.472 e. The first kappa shape index (κ1) is 15.7. The Labute approximate surface area is 138 Å². The summed E-state index contributed by atoms with van der Waals surface area (Å²) >= 11 is 0. The lowest BCUT2D eigenvalue weighted by atomic mass is 10.0. The number of urea groups is 1. The molecule has 2 heterocycles. The van der Waals surface area contributed by atoms with Gasteiger partial charge in [-0.15, -0.1) is 0 Å². The number of rotatable bonds is 2. The van der Waals surface area contributed by atoms with Crippen molar-refractivity contribution < 1.29 is 18.8 Å². The fraction of sp³-hybridized carbons (Fsp3) is 0.167. The first-order valence-electron chi connectivity index (χ1n) is 7.40. The van der Waals surface area contributed by atoms with Crippen LogP contribution in [-0.4, -0.2) is 17.8 Å². The number of anilines is 1. The smallest absolute Gasteiger partial charge is 0.335 e. The summed E-state index contributed by atoms with van der Waals surface area (Å²) in [4.78, 5) is 38.2. The van der Waals surface area contributed by atoms with Crippen molar-refractivity contribution in [2.75, 3.05) is 4.90 Å². The van der Waals surface area contributed by atoms with Crippen LogP contribution in [0.5, 0.6) is 0 Å². The number of nitrogens with zero attached hydrogens (tertiary/aromatic N) is 1. The molecule has 0 atom stereocenters. The highest BCUT2D eigenvalue weighted by Gasteiger charge is 2.38. The van der Waals surface area contributed by atoms with Crippen LogP contribution < -0.4 is 10.2 Å². The van der Waals surface area contributed by atoms with E-state index in [1.165, 1.54) is 18.6 Å². The molecular formula is C18H16N2O4. The van der Waals surface area contributed by atoms with Crippen molar-refractivity contribution in [1.29, 1.82) is 0 Å². The lowest BCUT2D eigenvalue weighted by Crippen LogP contribution is -2.54. The van der Waals surface area contributed by atoms with Gasteiger partial charge in [-0.1, -0.05) is 17.7 Å². The summed E-state index contributed by atoms with van der Waals surface area (Å²) in [6.07, 6.45) is 4.25. The fourth-order valence-corrected chi connectivity index (χ4v) is 2.91. The zero-order valence-corrected chi connectivity index (χ0v) is 13.5. The topological polar surface area (TPSA) is 79.6 Å². The Balaban J connectivity index is 2.10. The number of barbiturate groups is 1. The van der Waals surface area contributed by atoms with Crippen LogP contribution in [0, 0.1) is 20.8 Å². The van der Waals surface area contributed by atoms with E-state index >= 15 is 0 Å². The maximum atomic E-state index is 12.8. The number of furan rings is 1. The lowest BCUT2D eigenvalue weighted by molar-refractivity contribution is -0.122. The Morgan fingerprint density at radius 2 is 1.75 bits per heavy atom. The molecule has 6 nitrogen and oxygen atoms in total. The van der Waals surface area contributed by atoms with Gasteiger partial charge >= 0.3 is 6.03 Å². The molecule has 1 saturated heterocycles. The van der Waals surface area contributed by atoms with E-state index in [4.69, 9.17) is 4.42 Å². The number of hydrogen-bond donors (Lipinski definition) is 1. The number of imide groups is 2. The normalized spacial score (nSPS) is 16.7. The zero-order valence-electron chi connectivity index (χ0n) is 13.5. The summed E-state index contributed by atoms with van der Waals surface area (Å²) in [6, 6.07) is 4.65. The van der Waals surface area contributed by atoms with E-state index in [9.17, 15) is 14.4 Å². The fourth-order valence-electron chi connectivity index (χ4n) is 2.91. The van der Waals surface area contributed by atoms with Crippen molar-refractivity contribution in [1.82, 2.24) is 5.32 Å². The predicted octanol–water partition coefficient (Wildman–Crippen LogP) is 2.87. The predicted molar refractivity (Wildman–Crippen MR) is 88.4 cm³/mol. The maximum absolute atomic E-state index is 12.8. The van der Waals surface area contributed by atoms with Gasteiger partial charge in [-0.25, -0.2) is 9.69 Å². The first-order chi connectivity index (χ1) is 11.4. The molecule has 0 unspecified atom stereocenters. The molecule has 6 heteroatoms. The van der Waals surface area contributed by atoms with Crippen LogP contribution in [0.1, 0.15) is 22.3 Å². The van der Waals surface area contributed by atoms with Crippen LogP contribution in [0.3, 0.4) is 0 Å². The van der Waals surface area contributed by atoms with E-state index in [0.717, 1.165) is 21.6 Å². The van der Waals surface area contributed by atoms with Gasteiger partial charge in [0.25, 0.3) is 11.8 Å². The van der Waals surface area contributed by atoms with Crippen LogP contribution in [0.15, 0.2) is 40.7 Å². The van der Waals surface area contributed by atoms with Gasteiger partial charge < -0.3 is 4.42 Å². The standard InChI is InChI=1S/C18H16N2O4/c1-10-6-11(2)15(12(3)7-10)20-17(22)14(16(21)19-18(20)23)8-13-4-5-24-9-13/h4-9H,1-3H3,(H,19,21,23). The minimum absolute atomic E-state index is 0.115. The number of aryl methyl sites for hydroxylation is 3. The van der Waals surface area contributed by atoms with Gasteiger partial charge in [0.15, 0.2) is 0 Å². The molecule has 0 aliphatic carbocycles.